The van der Waals surface area contributed by atoms with Gasteiger partial charge in [-0.15, -0.1) is 17.5 Å². The Balaban J connectivity index is 0.00000280. The molecular formula is C20H30ClN5O2. The molecule has 28 heavy (non-hydrogen) atoms. The fraction of sp³-hybridized carbons (Fsp3) is 0.550. The number of likely N-dealkylation sites (tertiary alicyclic amines) is 1. The highest BCUT2D eigenvalue weighted by molar-refractivity contribution is 5.93. The number of hydrogen-bond acceptors (Lipinski definition) is 5. The SMILES string of the molecule is CNCC1CCCN(C(=O)c2nnn(-c3ccc(OC(C)C)cc3)c2C)C1.Cl. The number of piperidine rings is 1. The van der Waals surface area contributed by atoms with Crippen molar-refractivity contribution in [3.63, 3.8) is 0 Å². The average Bonchev–Trinajstić information content (AvgIpc) is 3.03. The molecule has 8 heteroatoms. The zero-order valence-electron chi connectivity index (χ0n) is 17.0. The highest BCUT2D eigenvalue weighted by atomic mass is 35.5. The van der Waals surface area contributed by atoms with Crippen LogP contribution in [0.15, 0.2) is 24.3 Å². The second-order valence-corrected chi connectivity index (χ2v) is 7.41. The van der Waals surface area contributed by atoms with Gasteiger partial charge in [0.1, 0.15) is 5.75 Å². The summed E-state index contributed by atoms with van der Waals surface area (Å²) in [7, 11) is 1.95. The van der Waals surface area contributed by atoms with Gasteiger partial charge in [-0.3, -0.25) is 4.79 Å². The third-order valence-corrected chi connectivity index (χ3v) is 4.85. The third kappa shape index (κ3) is 5.02. The van der Waals surface area contributed by atoms with Gasteiger partial charge in [0.15, 0.2) is 5.69 Å². The maximum absolute atomic E-state index is 13.0. The van der Waals surface area contributed by atoms with E-state index in [1.54, 1.807) is 4.68 Å². The first-order chi connectivity index (χ1) is 13.0. The van der Waals surface area contributed by atoms with E-state index in [0.29, 0.717) is 11.6 Å². The van der Waals surface area contributed by atoms with Crippen LogP contribution in [-0.4, -0.2) is 58.6 Å². The van der Waals surface area contributed by atoms with Crippen molar-refractivity contribution in [2.24, 2.45) is 5.92 Å². The molecule has 154 valence electrons. The van der Waals surface area contributed by atoms with Crippen molar-refractivity contribution < 1.29 is 9.53 Å². The number of hydrogen-bond donors (Lipinski definition) is 1. The Kier molecular flexibility index (Phi) is 7.83. The first kappa shape index (κ1) is 22.2. The molecule has 0 aliphatic carbocycles. The van der Waals surface area contributed by atoms with Crippen LogP contribution < -0.4 is 10.1 Å². The first-order valence-electron chi connectivity index (χ1n) is 9.63. The first-order valence-corrected chi connectivity index (χ1v) is 9.63. The molecule has 1 saturated heterocycles. The van der Waals surface area contributed by atoms with Crippen molar-refractivity contribution in [2.75, 3.05) is 26.7 Å². The van der Waals surface area contributed by atoms with Crippen LogP contribution in [0.3, 0.4) is 0 Å². The van der Waals surface area contributed by atoms with E-state index in [1.807, 2.05) is 57.0 Å². The lowest BCUT2D eigenvalue weighted by atomic mass is 9.97. The van der Waals surface area contributed by atoms with Gasteiger partial charge in [0.05, 0.1) is 17.5 Å². The van der Waals surface area contributed by atoms with Crippen molar-refractivity contribution in [1.29, 1.82) is 0 Å². The van der Waals surface area contributed by atoms with Gasteiger partial charge in [-0.25, -0.2) is 4.68 Å². The topological polar surface area (TPSA) is 72.3 Å². The minimum Gasteiger partial charge on any atom is -0.491 e. The Bertz CT molecular complexity index is 773. The number of aromatic nitrogens is 3. The lowest BCUT2D eigenvalue weighted by molar-refractivity contribution is 0.0667. The molecule has 1 N–H and O–H groups in total. The summed E-state index contributed by atoms with van der Waals surface area (Å²) in [4.78, 5) is 14.9. The van der Waals surface area contributed by atoms with Gasteiger partial charge in [0, 0.05) is 13.1 Å². The second-order valence-electron chi connectivity index (χ2n) is 7.41. The number of nitrogens with one attached hydrogen (secondary N) is 1. The summed E-state index contributed by atoms with van der Waals surface area (Å²) in [5, 5.41) is 11.6. The minimum atomic E-state index is -0.0284. The Morgan fingerprint density at radius 1 is 1.32 bits per heavy atom. The van der Waals surface area contributed by atoms with Crippen LogP contribution in [0.4, 0.5) is 0 Å². The molecule has 3 rings (SSSR count). The van der Waals surface area contributed by atoms with Gasteiger partial charge in [-0.2, -0.15) is 0 Å². The molecule has 7 nitrogen and oxygen atoms in total. The van der Waals surface area contributed by atoms with Crippen LogP contribution in [0.5, 0.6) is 5.75 Å². The van der Waals surface area contributed by atoms with Gasteiger partial charge >= 0.3 is 0 Å². The molecular weight excluding hydrogens is 378 g/mol. The van der Waals surface area contributed by atoms with Gasteiger partial charge in [-0.1, -0.05) is 5.21 Å². The standard InChI is InChI=1S/C20H29N5O2.ClH/c1-14(2)27-18-9-7-17(8-10-18)25-15(3)19(22-23-25)20(26)24-11-5-6-16(13-24)12-21-4;/h7-10,14,16,21H,5-6,11-13H2,1-4H3;1H. The molecule has 0 bridgehead atoms. The predicted octanol–water partition coefficient (Wildman–Crippen LogP) is 2.86. The molecule has 2 aromatic rings. The average molecular weight is 408 g/mol. The van der Waals surface area contributed by atoms with Crippen molar-refractivity contribution in [3.8, 4) is 11.4 Å². The Morgan fingerprint density at radius 3 is 2.68 bits per heavy atom. The van der Waals surface area contributed by atoms with E-state index >= 15 is 0 Å². The molecule has 0 radical (unpaired) electrons. The fourth-order valence-corrected chi connectivity index (χ4v) is 3.56. The summed E-state index contributed by atoms with van der Waals surface area (Å²) in [6.07, 6.45) is 2.31. The molecule has 1 aromatic heterocycles. The van der Waals surface area contributed by atoms with E-state index < -0.39 is 0 Å². The van der Waals surface area contributed by atoms with E-state index in [2.05, 4.69) is 15.6 Å². The van der Waals surface area contributed by atoms with Crippen LogP contribution >= 0.6 is 12.4 Å². The van der Waals surface area contributed by atoms with E-state index in [1.165, 1.54) is 0 Å². The lowest BCUT2D eigenvalue weighted by Gasteiger charge is -2.32. The van der Waals surface area contributed by atoms with Crippen molar-refractivity contribution in [1.82, 2.24) is 25.2 Å². The monoisotopic (exact) mass is 407 g/mol. The number of benzene rings is 1. The molecule has 1 unspecified atom stereocenters. The number of rotatable bonds is 6. The fourth-order valence-electron chi connectivity index (χ4n) is 3.56. The molecule has 1 atom stereocenters. The Morgan fingerprint density at radius 2 is 2.04 bits per heavy atom. The maximum atomic E-state index is 13.0. The molecule has 1 fully saturated rings. The van der Waals surface area contributed by atoms with E-state index in [9.17, 15) is 4.79 Å². The summed E-state index contributed by atoms with van der Waals surface area (Å²) >= 11 is 0. The molecule has 1 amide bonds. The number of carbonyl (C=O) groups excluding carboxylic acids is 1. The summed E-state index contributed by atoms with van der Waals surface area (Å²) in [5.41, 5.74) is 2.05. The molecule has 1 aliphatic heterocycles. The van der Waals surface area contributed by atoms with Crippen LogP contribution in [-0.2, 0) is 0 Å². The van der Waals surface area contributed by atoms with Crippen molar-refractivity contribution >= 4 is 18.3 Å². The summed E-state index contributed by atoms with van der Waals surface area (Å²) < 4.78 is 7.39. The van der Waals surface area contributed by atoms with Crippen LogP contribution in [0.2, 0.25) is 0 Å². The summed E-state index contributed by atoms with van der Waals surface area (Å²) in [5.74, 6) is 1.28. The minimum absolute atomic E-state index is 0. The quantitative estimate of drug-likeness (QED) is 0.797. The van der Waals surface area contributed by atoms with Gasteiger partial charge < -0.3 is 15.0 Å². The largest absolute Gasteiger partial charge is 0.491 e. The normalized spacial score (nSPS) is 16.8. The van der Waals surface area contributed by atoms with Gasteiger partial charge in [0.2, 0.25) is 0 Å². The zero-order valence-corrected chi connectivity index (χ0v) is 17.8. The van der Waals surface area contributed by atoms with Crippen molar-refractivity contribution in [3.05, 3.63) is 35.7 Å². The van der Waals surface area contributed by atoms with Crippen LogP contribution in [0.25, 0.3) is 5.69 Å². The van der Waals surface area contributed by atoms with E-state index in [-0.39, 0.29) is 24.4 Å². The highest BCUT2D eigenvalue weighted by Crippen LogP contribution is 2.21. The second kappa shape index (κ2) is 9.89. The molecule has 0 saturated carbocycles. The zero-order chi connectivity index (χ0) is 19.4. The van der Waals surface area contributed by atoms with Crippen molar-refractivity contribution in [2.45, 2.75) is 39.7 Å². The molecule has 2 heterocycles. The number of nitrogens with zero attached hydrogens (tertiary/aromatic N) is 4. The van der Waals surface area contributed by atoms with Crippen LogP contribution in [0.1, 0.15) is 42.9 Å². The molecule has 1 aromatic carbocycles. The summed E-state index contributed by atoms with van der Waals surface area (Å²) in [6.45, 7) is 8.37. The van der Waals surface area contributed by atoms with Gasteiger partial charge in [0.25, 0.3) is 5.91 Å². The third-order valence-electron chi connectivity index (χ3n) is 4.85. The smallest absolute Gasteiger partial charge is 0.276 e. The molecule has 0 spiro atoms. The number of carbonyl (C=O) groups is 1. The van der Waals surface area contributed by atoms with Gasteiger partial charge in [-0.05, 0) is 77.4 Å². The highest BCUT2D eigenvalue weighted by Gasteiger charge is 2.27. The Hall–Kier alpha value is -2.12. The molecule has 1 aliphatic rings. The predicted molar refractivity (Wildman–Crippen MR) is 112 cm³/mol. The summed E-state index contributed by atoms with van der Waals surface area (Å²) in [6, 6.07) is 7.67. The van der Waals surface area contributed by atoms with Crippen LogP contribution in [0, 0.1) is 12.8 Å². The Labute approximate surface area is 172 Å². The number of amides is 1. The lowest BCUT2D eigenvalue weighted by Crippen LogP contribution is -2.42. The van der Waals surface area contributed by atoms with E-state index in [4.69, 9.17) is 4.74 Å². The number of ether oxygens (including phenoxy) is 1. The number of halogens is 1. The van der Waals surface area contributed by atoms with E-state index in [0.717, 1.165) is 49.6 Å². The maximum Gasteiger partial charge on any atom is 0.276 e.